The molecule has 9 heteroatoms. The maximum absolute atomic E-state index is 13.3. The summed E-state index contributed by atoms with van der Waals surface area (Å²) in [5.41, 5.74) is -0.782. The van der Waals surface area contributed by atoms with Gasteiger partial charge in [-0.05, 0) is 39.0 Å². The van der Waals surface area contributed by atoms with E-state index in [4.69, 9.17) is 19.4 Å². The van der Waals surface area contributed by atoms with Crippen LogP contribution in [0.4, 0.5) is 9.18 Å². The van der Waals surface area contributed by atoms with E-state index in [0.29, 0.717) is 0 Å². The Labute approximate surface area is 144 Å². The first kappa shape index (κ1) is 22.2. The average Bonchev–Trinajstić information content (AvgIpc) is 2.42. The number of carboxylic acid groups (broad SMARTS) is 2. The maximum atomic E-state index is 13.3. The van der Waals surface area contributed by atoms with Gasteiger partial charge in [0.05, 0.1) is 7.11 Å². The van der Waals surface area contributed by atoms with Crippen molar-refractivity contribution in [1.82, 2.24) is 5.32 Å². The van der Waals surface area contributed by atoms with Gasteiger partial charge in [-0.2, -0.15) is 0 Å². The first-order chi connectivity index (χ1) is 11.4. The van der Waals surface area contributed by atoms with Crippen molar-refractivity contribution in [3.8, 4) is 5.75 Å². The lowest BCUT2D eigenvalue weighted by Gasteiger charge is -2.22. The largest absolute Gasteiger partial charge is 0.496 e. The Morgan fingerprint density at radius 2 is 1.72 bits per heavy atom. The van der Waals surface area contributed by atoms with Gasteiger partial charge in [0, 0.05) is 12.5 Å². The van der Waals surface area contributed by atoms with E-state index in [1.807, 2.05) is 0 Å². The molecule has 1 unspecified atom stereocenters. The van der Waals surface area contributed by atoms with Crippen LogP contribution >= 0.6 is 0 Å². The summed E-state index contributed by atoms with van der Waals surface area (Å²) in [6, 6.07) is 1.94. The molecule has 0 saturated carbocycles. The number of alkyl carbamates (subject to hydrolysis) is 1. The first-order valence-electron chi connectivity index (χ1n) is 7.12. The maximum Gasteiger partial charge on any atom is 0.408 e. The Hall–Kier alpha value is -2.84. The van der Waals surface area contributed by atoms with Gasteiger partial charge in [-0.15, -0.1) is 0 Å². The molecule has 0 bridgehead atoms. The number of ether oxygens (including phenoxy) is 2. The predicted octanol–water partition coefficient (Wildman–Crippen LogP) is 2.58. The van der Waals surface area contributed by atoms with Gasteiger partial charge in [-0.3, -0.25) is 4.79 Å². The fraction of sp³-hybridized carbons (Fsp3) is 0.438. The SMILES string of the molecule is CC(=O)O.COc1ccc(F)cc1C(NC(=O)OC(C)(C)C)C(=O)O. The minimum absolute atomic E-state index is 0.00383. The number of methoxy groups -OCH3 is 1. The second-order valence-corrected chi connectivity index (χ2v) is 5.82. The molecule has 0 aliphatic rings. The summed E-state index contributed by atoms with van der Waals surface area (Å²) in [5.74, 6) is -2.67. The molecule has 0 heterocycles. The summed E-state index contributed by atoms with van der Waals surface area (Å²) in [5, 5.41) is 18.8. The number of benzene rings is 1. The highest BCUT2D eigenvalue weighted by Crippen LogP contribution is 2.26. The third-order valence-corrected chi connectivity index (χ3v) is 2.41. The Morgan fingerprint density at radius 1 is 1.20 bits per heavy atom. The van der Waals surface area contributed by atoms with Crippen LogP contribution in [0.5, 0.6) is 5.75 Å². The number of hydrogen-bond donors (Lipinski definition) is 3. The molecule has 25 heavy (non-hydrogen) atoms. The van der Waals surface area contributed by atoms with Crippen LogP contribution < -0.4 is 10.1 Å². The summed E-state index contributed by atoms with van der Waals surface area (Å²) in [7, 11) is 1.32. The van der Waals surface area contributed by atoms with Crippen LogP contribution in [0.15, 0.2) is 18.2 Å². The van der Waals surface area contributed by atoms with Crippen LogP contribution in [0.25, 0.3) is 0 Å². The van der Waals surface area contributed by atoms with Gasteiger partial charge in [-0.25, -0.2) is 14.0 Å². The van der Waals surface area contributed by atoms with Gasteiger partial charge in [0.1, 0.15) is 17.2 Å². The Balaban J connectivity index is 0.00000129. The quantitative estimate of drug-likeness (QED) is 0.755. The topological polar surface area (TPSA) is 122 Å². The molecule has 0 aromatic heterocycles. The van der Waals surface area contributed by atoms with Gasteiger partial charge in [0.2, 0.25) is 0 Å². The second-order valence-electron chi connectivity index (χ2n) is 5.82. The van der Waals surface area contributed by atoms with E-state index in [1.54, 1.807) is 20.8 Å². The number of carboxylic acids is 2. The van der Waals surface area contributed by atoms with E-state index in [9.17, 15) is 19.1 Å². The monoisotopic (exact) mass is 359 g/mol. The smallest absolute Gasteiger partial charge is 0.408 e. The highest BCUT2D eigenvalue weighted by Gasteiger charge is 2.28. The third-order valence-electron chi connectivity index (χ3n) is 2.41. The Bertz CT molecular complexity index is 621. The fourth-order valence-electron chi connectivity index (χ4n) is 1.63. The van der Waals surface area contributed by atoms with Crippen molar-refractivity contribution in [2.75, 3.05) is 7.11 Å². The third kappa shape index (κ3) is 9.14. The lowest BCUT2D eigenvalue weighted by molar-refractivity contribution is -0.139. The molecule has 1 amide bonds. The summed E-state index contributed by atoms with van der Waals surface area (Å²) in [6.07, 6.45) is -0.916. The van der Waals surface area contributed by atoms with E-state index in [0.717, 1.165) is 19.1 Å². The van der Waals surface area contributed by atoms with Crippen LogP contribution in [0.2, 0.25) is 0 Å². The van der Waals surface area contributed by atoms with Crippen molar-refractivity contribution < 1.29 is 38.5 Å². The molecule has 3 N–H and O–H groups in total. The zero-order valence-corrected chi connectivity index (χ0v) is 14.6. The van der Waals surface area contributed by atoms with E-state index in [-0.39, 0.29) is 11.3 Å². The zero-order chi connectivity index (χ0) is 19.8. The number of carbonyl (C=O) groups excluding carboxylic acids is 1. The van der Waals surface area contributed by atoms with E-state index in [1.165, 1.54) is 13.2 Å². The number of rotatable bonds is 4. The van der Waals surface area contributed by atoms with Crippen LogP contribution in [0, 0.1) is 5.82 Å². The van der Waals surface area contributed by atoms with Gasteiger partial charge in [0.25, 0.3) is 5.97 Å². The standard InChI is InChI=1S/C14H18FNO5.C2H4O2/c1-14(2,3)21-13(19)16-11(12(17)18)9-7-8(15)5-6-10(9)20-4;1-2(3)4/h5-7,11H,1-4H3,(H,16,19)(H,17,18);1H3,(H,3,4). The van der Waals surface area contributed by atoms with Crippen LogP contribution in [0.3, 0.4) is 0 Å². The number of amides is 1. The molecule has 8 nitrogen and oxygen atoms in total. The highest BCUT2D eigenvalue weighted by atomic mass is 19.1. The molecule has 0 aliphatic heterocycles. The fourth-order valence-corrected chi connectivity index (χ4v) is 1.63. The molecule has 0 aliphatic carbocycles. The van der Waals surface area contributed by atoms with E-state index in [2.05, 4.69) is 5.32 Å². The number of nitrogens with one attached hydrogen (secondary N) is 1. The average molecular weight is 359 g/mol. The molecule has 0 spiro atoms. The number of aliphatic carboxylic acids is 2. The highest BCUT2D eigenvalue weighted by molar-refractivity contribution is 5.82. The summed E-state index contributed by atoms with van der Waals surface area (Å²) in [6.45, 7) is 6.02. The van der Waals surface area contributed by atoms with E-state index < -0.39 is 35.5 Å². The number of hydrogen-bond acceptors (Lipinski definition) is 5. The number of halogens is 1. The summed E-state index contributed by atoms with van der Waals surface area (Å²) in [4.78, 5) is 32.0. The molecule has 1 aromatic rings. The summed E-state index contributed by atoms with van der Waals surface area (Å²) >= 11 is 0. The number of carbonyl (C=O) groups is 3. The van der Waals surface area contributed by atoms with E-state index >= 15 is 0 Å². The van der Waals surface area contributed by atoms with Crippen molar-refractivity contribution in [3.63, 3.8) is 0 Å². The van der Waals surface area contributed by atoms with Gasteiger partial charge in [0.15, 0.2) is 6.04 Å². The molecule has 0 saturated heterocycles. The minimum atomic E-state index is -1.48. The van der Waals surface area contributed by atoms with Crippen molar-refractivity contribution in [2.45, 2.75) is 39.3 Å². The molecule has 0 radical (unpaired) electrons. The molecule has 1 aromatic carbocycles. The van der Waals surface area contributed by atoms with Gasteiger partial charge in [-0.1, -0.05) is 0 Å². The van der Waals surface area contributed by atoms with Crippen molar-refractivity contribution in [3.05, 3.63) is 29.6 Å². The lowest BCUT2D eigenvalue weighted by Crippen LogP contribution is -2.38. The summed E-state index contributed by atoms with van der Waals surface area (Å²) < 4.78 is 23.3. The van der Waals surface area contributed by atoms with Crippen molar-refractivity contribution in [1.29, 1.82) is 0 Å². The molecule has 1 atom stereocenters. The molecule has 140 valence electrons. The Morgan fingerprint density at radius 3 is 2.12 bits per heavy atom. The predicted molar refractivity (Wildman–Crippen MR) is 86.0 cm³/mol. The molecular weight excluding hydrogens is 337 g/mol. The normalized spacial score (nSPS) is 11.4. The van der Waals surface area contributed by atoms with Crippen LogP contribution in [-0.4, -0.2) is 41.0 Å². The van der Waals surface area contributed by atoms with Crippen LogP contribution in [0.1, 0.15) is 39.3 Å². The molecular formula is C16H22FNO7. The van der Waals surface area contributed by atoms with Crippen molar-refractivity contribution >= 4 is 18.0 Å². The van der Waals surface area contributed by atoms with Crippen molar-refractivity contribution in [2.24, 2.45) is 0 Å². The second kappa shape index (κ2) is 9.45. The Kier molecular flexibility index (Phi) is 8.38. The first-order valence-corrected chi connectivity index (χ1v) is 7.12. The van der Waals surface area contributed by atoms with Gasteiger partial charge < -0.3 is 25.0 Å². The minimum Gasteiger partial charge on any atom is -0.496 e. The van der Waals surface area contributed by atoms with Crippen LogP contribution in [-0.2, 0) is 14.3 Å². The lowest BCUT2D eigenvalue weighted by atomic mass is 10.1. The molecule has 1 rings (SSSR count). The molecule has 0 fully saturated rings. The zero-order valence-electron chi connectivity index (χ0n) is 14.6. The van der Waals surface area contributed by atoms with Gasteiger partial charge >= 0.3 is 12.1 Å².